The van der Waals surface area contributed by atoms with Crippen LogP contribution in [0.1, 0.15) is 11.1 Å². The lowest BCUT2D eigenvalue weighted by Gasteiger charge is -2.18. The van der Waals surface area contributed by atoms with Crippen LogP contribution < -0.4 is 0 Å². The summed E-state index contributed by atoms with van der Waals surface area (Å²) in [5.74, 6) is 0. The predicted octanol–water partition coefficient (Wildman–Crippen LogP) is 4.03. The van der Waals surface area contributed by atoms with Crippen LogP contribution in [0.4, 0.5) is 5.69 Å². The Morgan fingerprint density at radius 2 is 1.75 bits per heavy atom. The molecule has 0 saturated heterocycles. The Morgan fingerprint density at radius 3 is 2.29 bits per heavy atom. The maximum absolute atomic E-state index is 12.7. The number of nitro benzene ring substituents is 1. The fourth-order valence-electron chi connectivity index (χ4n) is 2.09. The van der Waals surface area contributed by atoms with E-state index in [4.69, 9.17) is 23.2 Å². The molecule has 0 aliphatic heterocycles. The number of sulfonamides is 1. The van der Waals surface area contributed by atoms with Crippen molar-refractivity contribution in [1.29, 1.82) is 0 Å². The summed E-state index contributed by atoms with van der Waals surface area (Å²) in [5.41, 5.74) is 0.625. The minimum absolute atomic E-state index is 0.0302. The molecule has 24 heavy (non-hydrogen) atoms. The number of nitrogens with zero attached hydrogens (tertiary/aromatic N) is 2. The molecule has 0 radical (unpaired) electrons. The van der Waals surface area contributed by atoms with Crippen LogP contribution in [0.25, 0.3) is 0 Å². The van der Waals surface area contributed by atoms with Crippen LogP contribution in [0.2, 0.25) is 10.0 Å². The van der Waals surface area contributed by atoms with Crippen LogP contribution >= 0.6 is 23.2 Å². The minimum atomic E-state index is -3.93. The highest BCUT2D eigenvalue weighted by Crippen LogP contribution is 2.31. The van der Waals surface area contributed by atoms with Crippen molar-refractivity contribution in [3.63, 3.8) is 0 Å². The van der Waals surface area contributed by atoms with Gasteiger partial charge in [0.15, 0.2) is 0 Å². The number of hydrogen-bond acceptors (Lipinski definition) is 4. The molecule has 0 aromatic heterocycles. The molecule has 128 valence electrons. The van der Waals surface area contributed by atoms with E-state index in [9.17, 15) is 18.5 Å². The van der Waals surface area contributed by atoms with E-state index in [2.05, 4.69) is 0 Å². The normalized spacial score (nSPS) is 11.7. The van der Waals surface area contributed by atoms with Gasteiger partial charge in [0.05, 0.1) is 14.8 Å². The van der Waals surface area contributed by atoms with Crippen LogP contribution in [-0.4, -0.2) is 24.7 Å². The van der Waals surface area contributed by atoms with Gasteiger partial charge in [0, 0.05) is 30.2 Å². The first-order chi connectivity index (χ1) is 11.1. The fourth-order valence-corrected chi connectivity index (χ4v) is 3.70. The molecule has 0 aliphatic carbocycles. The van der Waals surface area contributed by atoms with E-state index >= 15 is 0 Å². The van der Waals surface area contributed by atoms with Gasteiger partial charge < -0.3 is 0 Å². The molecule has 2 rings (SSSR count). The molecule has 0 N–H and O–H groups in total. The SMILES string of the molecule is Cc1c(Cl)cc(S(=O)(=O)N(C)Cc2ccc(Cl)cc2)cc1[N+](=O)[O-]. The van der Waals surface area contributed by atoms with Crippen LogP contribution in [0, 0.1) is 17.0 Å². The van der Waals surface area contributed by atoms with Gasteiger partial charge in [-0.25, -0.2) is 8.42 Å². The molecule has 0 aliphatic rings. The number of benzene rings is 2. The summed E-state index contributed by atoms with van der Waals surface area (Å²) in [7, 11) is -2.54. The second-order valence-corrected chi connectivity index (χ2v) is 8.08. The third kappa shape index (κ3) is 3.87. The van der Waals surface area contributed by atoms with Crippen LogP contribution in [-0.2, 0) is 16.6 Å². The Labute approximate surface area is 149 Å². The molecule has 0 spiro atoms. The molecular weight excluding hydrogens is 375 g/mol. The van der Waals surface area contributed by atoms with Gasteiger partial charge in [0.25, 0.3) is 5.69 Å². The molecule has 0 unspecified atom stereocenters. The van der Waals surface area contributed by atoms with E-state index in [0.717, 1.165) is 15.9 Å². The first kappa shape index (κ1) is 18.7. The summed E-state index contributed by atoms with van der Waals surface area (Å²) in [6.07, 6.45) is 0. The van der Waals surface area contributed by atoms with Crippen LogP contribution in [0.5, 0.6) is 0 Å². The summed E-state index contributed by atoms with van der Waals surface area (Å²) < 4.78 is 26.4. The summed E-state index contributed by atoms with van der Waals surface area (Å²) in [4.78, 5) is 10.2. The number of rotatable bonds is 5. The zero-order valence-electron chi connectivity index (χ0n) is 12.9. The van der Waals surface area contributed by atoms with E-state index in [1.165, 1.54) is 20.0 Å². The largest absolute Gasteiger partial charge is 0.275 e. The van der Waals surface area contributed by atoms with Gasteiger partial charge in [-0.1, -0.05) is 35.3 Å². The zero-order valence-corrected chi connectivity index (χ0v) is 15.2. The topological polar surface area (TPSA) is 80.5 Å². The lowest BCUT2D eigenvalue weighted by atomic mass is 10.2. The highest BCUT2D eigenvalue weighted by Gasteiger charge is 2.26. The third-order valence-corrected chi connectivity index (χ3v) is 5.94. The highest BCUT2D eigenvalue weighted by molar-refractivity contribution is 7.89. The van der Waals surface area contributed by atoms with Gasteiger partial charge in [-0.15, -0.1) is 0 Å². The summed E-state index contributed by atoms with van der Waals surface area (Å²) >= 11 is 11.8. The van der Waals surface area contributed by atoms with E-state index in [-0.39, 0.29) is 27.7 Å². The van der Waals surface area contributed by atoms with Crippen molar-refractivity contribution in [2.45, 2.75) is 18.4 Å². The molecule has 0 saturated carbocycles. The van der Waals surface area contributed by atoms with Gasteiger partial charge in [-0.2, -0.15) is 4.31 Å². The Morgan fingerprint density at radius 1 is 1.17 bits per heavy atom. The fraction of sp³-hybridized carbons (Fsp3) is 0.200. The van der Waals surface area contributed by atoms with Crippen molar-refractivity contribution >= 4 is 38.9 Å². The number of halogens is 2. The molecule has 0 fully saturated rings. The Kier molecular flexibility index (Phi) is 5.49. The highest BCUT2D eigenvalue weighted by atomic mass is 35.5. The molecule has 0 heterocycles. The summed E-state index contributed by atoms with van der Waals surface area (Å²) in [6, 6.07) is 8.97. The second-order valence-electron chi connectivity index (χ2n) is 5.19. The van der Waals surface area contributed by atoms with Gasteiger partial charge in [-0.3, -0.25) is 10.1 Å². The van der Waals surface area contributed by atoms with Gasteiger partial charge in [0.2, 0.25) is 10.0 Å². The molecule has 0 atom stereocenters. The van der Waals surface area contributed by atoms with Crippen molar-refractivity contribution in [2.24, 2.45) is 0 Å². The van der Waals surface area contributed by atoms with Gasteiger partial charge >= 0.3 is 0 Å². The lowest BCUT2D eigenvalue weighted by molar-refractivity contribution is -0.385. The van der Waals surface area contributed by atoms with Crippen LogP contribution in [0.3, 0.4) is 0 Å². The van der Waals surface area contributed by atoms with Crippen molar-refractivity contribution < 1.29 is 13.3 Å². The van der Waals surface area contributed by atoms with Crippen molar-refractivity contribution in [1.82, 2.24) is 4.31 Å². The summed E-state index contributed by atoms with van der Waals surface area (Å²) in [6.45, 7) is 1.56. The standard InChI is InChI=1S/C15H14Cl2N2O4S/c1-10-14(17)7-13(8-15(10)19(20)21)24(22,23)18(2)9-11-3-5-12(16)6-4-11/h3-8H,9H2,1-2H3. The van der Waals surface area contributed by atoms with Gasteiger partial charge in [-0.05, 0) is 30.7 Å². The first-order valence-electron chi connectivity index (χ1n) is 6.78. The van der Waals surface area contributed by atoms with E-state index in [0.29, 0.717) is 5.02 Å². The second kappa shape index (κ2) is 7.06. The lowest BCUT2D eigenvalue weighted by Crippen LogP contribution is -2.26. The Balaban J connectivity index is 2.39. The first-order valence-corrected chi connectivity index (χ1v) is 8.98. The Bertz CT molecular complexity index is 883. The molecule has 0 bridgehead atoms. The number of hydrogen-bond donors (Lipinski definition) is 0. The van der Waals surface area contributed by atoms with E-state index in [1.54, 1.807) is 24.3 Å². The molecular formula is C15H14Cl2N2O4S. The molecule has 2 aromatic rings. The summed E-state index contributed by atoms with van der Waals surface area (Å²) in [5, 5.41) is 11.6. The third-order valence-electron chi connectivity index (χ3n) is 3.51. The number of nitro groups is 1. The van der Waals surface area contributed by atoms with Crippen molar-refractivity contribution in [3.05, 3.63) is 67.7 Å². The maximum Gasteiger partial charge on any atom is 0.275 e. The van der Waals surface area contributed by atoms with Crippen LogP contribution in [0.15, 0.2) is 41.3 Å². The maximum atomic E-state index is 12.7. The monoisotopic (exact) mass is 388 g/mol. The van der Waals surface area contributed by atoms with Crippen molar-refractivity contribution in [2.75, 3.05) is 7.05 Å². The molecule has 0 amide bonds. The Hall–Kier alpha value is -1.67. The minimum Gasteiger partial charge on any atom is -0.258 e. The predicted molar refractivity (Wildman–Crippen MR) is 92.9 cm³/mol. The average molecular weight is 389 g/mol. The molecule has 9 heteroatoms. The van der Waals surface area contributed by atoms with Crippen molar-refractivity contribution in [3.8, 4) is 0 Å². The van der Waals surface area contributed by atoms with E-state index < -0.39 is 14.9 Å². The molecule has 6 nitrogen and oxygen atoms in total. The van der Waals surface area contributed by atoms with E-state index in [1.807, 2.05) is 0 Å². The quantitative estimate of drug-likeness (QED) is 0.571. The zero-order chi connectivity index (χ0) is 18.1. The average Bonchev–Trinajstić information content (AvgIpc) is 2.51. The molecule has 2 aromatic carbocycles. The smallest absolute Gasteiger partial charge is 0.258 e. The van der Waals surface area contributed by atoms with Gasteiger partial charge in [0.1, 0.15) is 0 Å².